The smallest absolute Gasteiger partial charge is 0.325 e. The van der Waals surface area contributed by atoms with Gasteiger partial charge in [-0.1, -0.05) is 6.92 Å². The molecule has 0 aliphatic carbocycles. The van der Waals surface area contributed by atoms with Crippen molar-refractivity contribution in [3.05, 3.63) is 11.9 Å². The molecule has 0 aromatic carbocycles. The van der Waals surface area contributed by atoms with Crippen molar-refractivity contribution in [2.75, 3.05) is 10.6 Å². The number of aryl methyl sites for hydroxylation is 1. The number of carboxylic acid groups (broad SMARTS) is 1. The van der Waals surface area contributed by atoms with E-state index in [2.05, 4.69) is 34.4 Å². The lowest BCUT2D eigenvalue weighted by atomic mass is 10.2. The van der Waals surface area contributed by atoms with Crippen molar-refractivity contribution >= 4 is 17.6 Å². The van der Waals surface area contributed by atoms with Crippen LogP contribution in [0.25, 0.3) is 0 Å². The van der Waals surface area contributed by atoms with Gasteiger partial charge in [0.25, 0.3) is 0 Å². The number of aliphatic carboxylic acids is 1. The van der Waals surface area contributed by atoms with Crippen LogP contribution < -0.4 is 10.6 Å². The number of hydrogen-bond donors (Lipinski definition) is 3. The molecule has 0 aliphatic rings. The fourth-order valence-corrected chi connectivity index (χ4v) is 1.35. The minimum atomic E-state index is -0.914. The first kappa shape index (κ1) is 14.2. The Balaban J connectivity index is 2.83. The average molecular weight is 252 g/mol. The Labute approximate surface area is 107 Å². The molecule has 1 aromatic heterocycles. The second-order valence-corrected chi connectivity index (χ2v) is 4.34. The van der Waals surface area contributed by atoms with Crippen molar-refractivity contribution in [1.82, 2.24) is 9.97 Å². The second-order valence-electron chi connectivity index (χ2n) is 4.34. The Morgan fingerprint density at radius 1 is 1.33 bits per heavy atom. The van der Waals surface area contributed by atoms with E-state index in [-0.39, 0.29) is 0 Å². The summed E-state index contributed by atoms with van der Waals surface area (Å²) < 4.78 is 0. The molecule has 1 rings (SSSR count). The standard InChI is InChI=1S/C12H20N4O2/c1-5-7(2)13-10-6-11(16-9(4)15-10)14-8(3)12(17)18/h6-8H,5H2,1-4H3,(H,17,18)(H2,13,14,15,16). The summed E-state index contributed by atoms with van der Waals surface area (Å²) in [5, 5.41) is 14.9. The molecule has 2 unspecified atom stereocenters. The van der Waals surface area contributed by atoms with Gasteiger partial charge in [-0.25, -0.2) is 9.97 Å². The molecule has 0 saturated heterocycles. The number of hydrogen-bond acceptors (Lipinski definition) is 5. The van der Waals surface area contributed by atoms with Gasteiger partial charge in [-0.3, -0.25) is 4.79 Å². The van der Waals surface area contributed by atoms with E-state index in [0.717, 1.165) is 6.42 Å². The number of aromatic nitrogens is 2. The number of anilines is 2. The summed E-state index contributed by atoms with van der Waals surface area (Å²) >= 11 is 0. The van der Waals surface area contributed by atoms with Crippen LogP contribution in [0.15, 0.2) is 6.07 Å². The van der Waals surface area contributed by atoms with Crippen LogP contribution in [0.3, 0.4) is 0 Å². The van der Waals surface area contributed by atoms with Crippen molar-refractivity contribution in [1.29, 1.82) is 0 Å². The van der Waals surface area contributed by atoms with Crippen LogP contribution in [0.2, 0.25) is 0 Å². The fourth-order valence-electron chi connectivity index (χ4n) is 1.35. The largest absolute Gasteiger partial charge is 0.480 e. The minimum Gasteiger partial charge on any atom is -0.480 e. The van der Waals surface area contributed by atoms with Crippen LogP contribution in [-0.4, -0.2) is 33.1 Å². The number of carbonyl (C=O) groups is 1. The summed E-state index contributed by atoms with van der Waals surface area (Å²) in [6.07, 6.45) is 0.983. The van der Waals surface area contributed by atoms with Gasteiger partial charge in [-0.15, -0.1) is 0 Å². The van der Waals surface area contributed by atoms with Crippen molar-refractivity contribution < 1.29 is 9.90 Å². The summed E-state index contributed by atoms with van der Waals surface area (Å²) in [4.78, 5) is 19.2. The predicted molar refractivity (Wildman–Crippen MR) is 70.9 cm³/mol. The van der Waals surface area contributed by atoms with Gasteiger partial charge in [-0.05, 0) is 27.2 Å². The molecule has 0 fully saturated rings. The normalized spacial score (nSPS) is 13.8. The zero-order valence-corrected chi connectivity index (χ0v) is 11.2. The van der Waals surface area contributed by atoms with E-state index < -0.39 is 12.0 Å². The van der Waals surface area contributed by atoms with Gasteiger partial charge in [0.2, 0.25) is 0 Å². The molecule has 0 amide bonds. The molecule has 100 valence electrons. The van der Waals surface area contributed by atoms with E-state index in [1.54, 1.807) is 19.9 Å². The van der Waals surface area contributed by atoms with E-state index in [1.807, 2.05) is 0 Å². The zero-order chi connectivity index (χ0) is 13.7. The Bertz CT molecular complexity index is 423. The quantitative estimate of drug-likeness (QED) is 0.716. The Kier molecular flexibility index (Phi) is 4.88. The Morgan fingerprint density at radius 2 is 1.89 bits per heavy atom. The van der Waals surface area contributed by atoms with Gasteiger partial charge in [0.15, 0.2) is 0 Å². The van der Waals surface area contributed by atoms with E-state index in [9.17, 15) is 4.79 Å². The monoisotopic (exact) mass is 252 g/mol. The average Bonchev–Trinajstić information content (AvgIpc) is 2.27. The first-order chi connectivity index (χ1) is 8.42. The second kappa shape index (κ2) is 6.18. The van der Waals surface area contributed by atoms with Gasteiger partial charge in [0, 0.05) is 12.1 Å². The molecule has 0 bridgehead atoms. The molecule has 0 aliphatic heterocycles. The molecule has 3 N–H and O–H groups in total. The van der Waals surface area contributed by atoms with Crippen molar-refractivity contribution in [2.24, 2.45) is 0 Å². The van der Waals surface area contributed by atoms with Gasteiger partial charge < -0.3 is 15.7 Å². The summed E-state index contributed by atoms with van der Waals surface area (Å²) in [5.41, 5.74) is 0. The first-order valence-corrected chi connectivity index (χ1v) is 6.04. The molecule has 6 heteroatoms. The lowest BCUT2D eigenvalue weighted by Crippen LogP contribution is -2.26. The Morgan fingerprint density at radius 3 is 2.39 bits per heavy atom. The van der Waals surface area contributed by atoms with Crippen LogP contribution in [0.5, 0.6) is 0 Å². The van der Waals surface area contributed by atoms with Gasteiger partial charge in [-0.2, -0.15) is 0 Å². The SMILES string of the molecule is CCC(C)Nc1cc(NC(C)C(=O)O)nc(C)n1. The summed E-state index contributed by atoms with van der Waals surface area (Å²) in [7, 11) is 0. The third-order valence-electron chi connectivity index (χ3n) is 2.58. The number of carboxylic acids is 1. The zero-order valence-electron chi connectivity index (χ0n) is 11.2. The molecule has 0 spiro atoms. The number of rotatable bonds is 6. The van der Waals surface area contributed by atoms with E-state index in [0.29, 0.717) is 23.5 Å². The third-order valence-corrected chi connectivity index (χ3v) is 2.58. The number of nitrogens with one attached hydrogen (secondary N) is 2. The highest BCUT2D eigenvalue weighted by Gasteiger charge is 2.12. The maximum atomic E-state index is 10.8. The maximum absolute atomic E-state index is 10.8. The highest BCUT2D eigenvalue weighted by Crippen LogP contribution is 2.13. The Hall–Kier alpha value is -1.85. The predicted octanol–water partition coefficient (Wildman–Crippen LogP) is 1.88. The van der Waals surface area contributed by atoms with Crippen LogP contribution in [-0.2, 0) is 4.79 Å². The highest BCUT2D eigenvalue weighted by molar-refractivity contribution is 5.76. The van der Waals surface area contributed by atoms with E-state index in [4.69, 9.17) is 5.11 Å². The molecule has 0 saturated carbocycles. The summed E-state index contributed by atoms with van der Waals surface area (Å²) in [5.74, 6) is 0.909. The maximum Gasteiger partial charge on any atom is 0.325 e. The third kappa shape index (κ3) is 4.20. The molecular weight excluding hydrogens is 232 g/mol. The lowest BCUT2D eigenvalue weighted by molar-refractivity contribution is -0.137. The van der Waals surface area contributed by atoms with Crippen LogP contribution >= 0.6 is 0 Å². The lowest BCUT2D eigenvalue weighted by Gasteiger charge is -2.15. The molecule has 2 atom stereocenters. The van der Waals surface area contributed by atoms with Gasteiger partial charge >= 0.3 is 5.97 Å². The van der Waals surface area contributed by atoms with E-state index in [1.165, 1.54) is 0 Å². The topological polar surface area (TPSA) is 87.1 Å². The van der Waals surface area contributed by atoms with Crippen molar-refractivity contribution in [2.45, 2.75) is 46.2 Å². The van der Waals surface area contributed by atoms with Gasteiger partial charge in [0.1, 0.15) is 23.5 Å². The first-order valence-electron chi connectivity index (χ1n) is 6.04. The number of nitrogens with zero attached hydrogens (tertiary/aromatic N) is 2. The summed E-state index contributed by atoms with van der Waals surface area (Å²) in [6, 6.07) is 1.35. The van der Waals surface area contributed by atoms with Crippen LogP contribution in [0, 0.1) is 6.92 Å². The fraction of sp³-hybridized carbons (Fsp3) is 0.583. The van der Waals surface area contributed by atoms with Crippen molar-refractivity contribution in [3.8, 4) is 0 Å². The molecule has 1 aromatic rings. The van der Waals surface area contributed by atoms with Crippen molar-refractivity contribution in [3.63, 3.8) is 0 Å². The molecule has 18 heavy (non-hydrogen) atoms. The molecule has 6 nitrogen and oxygen atoms in total. The summed E-state index contributed by atoms with van der Waals surface area (Å²) in [6.45, 7) is 7.49. The van der Waals surface area contributed by atoms with Crippen LogP contribution in [0.1, 0.15) is 33.0 Å². The highest BCUT2D eigenvalue weighted by atomic mass is 16.4. The van der Waals surface area contributed by atoms with E-state index >= 15 is 0 Å². The molecular formula is C12H20N4O2. The van der Waals surface area contributed by atoms with Gasteiger partial charge in [0.05, 0.1) is 0 Å². The van der Waals surface area contributed by atoms with Crippen LogP contribution in [0.4, 0.5) is 11.6 Å². The molecule has 1 heterocycles. The molecule has 0 radical (unpaired) electrons. The minimum absolute atomic E-state index is 0.309.